The summed E-state index contributed by atoms with van der Waals surface area (Å²) >= 11 is 1.53. The van der Waals surface area contributed by atoms with E-state index < -0.39 is 10.0 Å². The average Bonchev–Trinajstić information content (AvgIpc) is 3.26. The van der Waals surface area contributed by atoms with Gasteiger partial charge in [0.2, 0.25) is 10.0 Å². The third-order valence-corrected chi connectivity index (χ3v) is 8.69. The summed E-state index contributed by atoms with van der Waals surface area (Å²) in [6, 6.07) is 20.9. The van der Waals surface area contributed by atoms with Gasteiger partial charge in [0.15, 0.2) is 4.80 Å². The number of hydrogen-bond acceptors (Lipinski definition) is 6. The van der Waals surface area contributed by atoms with Crippen molar-refractivity contribution in [1.82, 2.24) is 13.9 Å². The van der Waals surface area contributed by atoms with Gasteiger partial charge in [0.25, 0.3) is 0 Å². The van der Waals surface area contributed by atoms with E-state index in [2.05, 4.69) is 9.55 Å². The van der Waals surface area contributed by atoms with Gasteiger partial charge >= 0.3 is 0 Å². The smallest absolute Gasteiger partial charge is 0.243 e. The Morgan fingerprint density at radius 3 is 2.53 bits per heavy atom. The lowest BCUT2D eigenvalue weighted by molar-refractivity contribution is -0.0440. The lowest BCUT2D eigenvalue weighted by atomic mass is 10.1. The second-order valence-corrected chi connectivity index (χ2v) is 11.7. The van der Waals surface area contributed by atoms with Gasteiger partial charge in [0.1, 0.15) is 0 Å². The van der Waals surface area contributed by atoms with Crippen molar-refractivity contribution in [2.45, 2.75) is 37.5 Å². The molecule has 0 N–H and O–H groups in total. The molecule has 2 aromatic heterocycles. The fraction of sp³-hybridized carbons (Fsp3) is 0.259. The summed E-state index contributed by atoms with van der Waals surface area (Å²) in [6.45, 7) is 5.05. The van der Waals surface area contributed by atoms with E-state index in [4.69, 9.17) is 9.73 Å². The number of morpholine rings is 1. The van der Waals surface area contributed by atoms with E-state index in [0.717, 1.165) is 27.3 Å². The highest BCUT2D eigenvalue weighted by Gasteiger charge is 2.32. The first-order valence-corrected chi connectivity index (χ1v) is 14.1. The van der Waals surface area contributed by atoms with Crippen LogP contribution in [0.15, 0.2) is 94.4 Å². The Kier molecular flexibility index (Phi) is 7.15. The highest BCUT2D eigenvalue weighted by Crippen LogP contribution is 2.27. The predicted molar refractivity (Wildman–Crippen MR) is 142 cm³/mol. The van der Waals surface area contributed by atoms with Crippen LogP contribution in [0.1, 0.15) is 19.4 Å². The van der Waals surface area contributed by atoms with Crippen LogP contribution in [0.25, 0.3) is 11.3 Å². The highest BCUT2D eigenvalue weighted by atomic mass is 32.2. The monoisotopic (exact) mass is 520 g/mol. The fourth-order valence-corrected chi connectivity index (χ4v) is 6.95. The fourth-order valence-electron chi connectivity index (χ4n) is 4.38. The maximum atomic E-state index is 13.5. The number of benzene rings is 2. The lowest BCUT2D eigenvalue weighted by Crippen LogP contribution is -2.48. The maximum absolute atomic E-state index is 13.5. The standard InChI is InChI=1S/C27H28N4O3S2/c1-20-16-30(17-21(2)34-20)36(32,33)25-12-6-9-23(14-25)26-19-35-27(29-24-10-4-3-5-11-24)31(26)18-22-8-7-13-28-15-22/h3-15,19-21H,16-18H2,1-2H3/t20-,21-/m1/s1. The summed E-state index contributed by atoms with van der Waals surface area (Å²) in [5.74, 6) is 0. The number of sulfonamides is 1. The molecule has 1 aliphatic heterocycles. The summed E-state index contributed by atoms with van der Waals surface area (Å²) in [6.07, 6.45) is 3.29. The SMILES string of the molecule is C[C@@H]1CN(S(=O)(=O)c2cccc(-c3csc(=Nc4ccccc4)n3Cc3cccnc3)c2)C[C@@H](C)O1. The number of para-hydroxylation sites is 1. The number of thiazole rings is 1. The zero-order chi connectivity index (χ0) is 25.1. The van der Waals surface area contributed by atoms with Crippen LogP contribution < -0.4 is 4.80 Å². The van der Waals surface area contributed by atoms with Crippen LogP contribution in [0.3, 0.4) is 0 Å². The molecule has 1 saturated heterocycles. The highest BCUT2D eigenvalue weighted by molar-refractivity contribution is 7.89. The number of pyridine rings is 1. The molecule has 9 heteroatoms. The molecular formula is C27H28N4O3S2. The molecule has 3 heterocycles. The molecule has 4 aromatic rings. The number of rotatable bonds is 6. The topological polar surface area (TPSA) is 76.8 Å². The average molecular weight is 521 g/mol. The molecule has 0 unspecified atom stereocenters. The van der Waals surface area contributed by atoms with Gasteiger partial charge < -0.3 is 9.30 Å². The summed E-state index contributed by atoms with van der Waals surface area (Å²) in [5.41, 5.74) is 3.61. The van der Waals surface area contributed by atoms with Crippen LogP contribution in [-0.2, 0) is 21.3 Å². The van der Waals surface area contributed by atoms with Gasteiger partial charge in [-0.3, -0.25) is 4.98 Å². The van der Waals surface area contributed by atoms with Gasteiger partial charge in [0.05, 0.1) is 35.0 Å². The lowest BCUT2D eigenvalue weighted by Gasteiger charge is -2.34. The molecule has 0 bridgehead atoms. The normalized spacial score (nSPS) is 19.4. The van der Waals surface area contributed by atoms with Crippen molar-refractivity contribution in [3.05, 3.63) is 94.9 Å². The van der Waals surface area contributed by atoms with Crippen LogP contribution in [0.4, 0.5) is 5.69 Å². The van der Waals surface area contributed by atoms with E-state index in [1.165, 1.54) is 15.6 Å². The number of ether oxygens (including phenoxy) is 1. The Hall–Kier alpha value is -3.11. The Labute approximate surface area is 215 Å². The number of hydrogen-bond donors (Lipinski definition) is 0. The second kappa shape index (κ2) is 10.5. The van der Waals surface area contributed by atoms with Gasteiger partial charge in [-0.2, -0.15) is 4.31 Å². The molecule has 2 atom stereocenters. The molecular weight excluding hydrogens is 492 g/mol. The van der Waals surface area contributed by atoms with E-state index >= 15 is 0 Å². The van der Waals surface area contributed by atoms with Crippen molar-refractivity contribution in [2.24, 2.45) is 4.99 Å². The number of nitrogens with zero attached hydrogens (tertiary/aromatic N) is 4. The molecule has 1 aliphatic rings. The van der Waals surface area contributed by atoms with Crippen molar-refractivity contribution in [3.63, 3.8) is 0 Å². The Bertz CT molecular complexity index is 1490. The molecule has 5 rings (SSSR count). The molecule has 1 fully saturated rings. The summed E-state index contributed by atoms with van der Waals surface area (Å²) in [7, 11) is -3.66. The Morgan fingerprint density at radius 1 is 1.03 bits per heavy atom. The molecule has 0 radical (unpaired) electrons. The first-order chi connectivity index (χ1) is 17.4. The summed E-state index contributed by atoms with van der Waals surface area (Å²) in [4.78, 5) is 10.2. The van der Waals surface area contributed by atoms with Crippen molar-refractivity contribution in [3.8, 4) is 11.3 Å². The first kappa shape index (κ1) is 24.6. The number of aromatic nitrogens is 2. The zero-order valence-electron chi connectivity index (χ0n) is 20.2. The van der Waals surface area contributed by atoms with Gasteiger partial charge in [0, 0.05) is 36.4 Å². The van der Waals surface area contributed by atoms with Crippen LogP contribution in [-0.4, -0.2) is 47.6 Å². The molecule has 0 saturated carbocycles. The van der Waals surface area contributed by atoms with Crippen molar-refractivity contribution >= 4 is 27.0 Å². The van der Waals surface area contributed by atoms with Crippen LogP contribution in [0.5, 0.6) is 0 Å². The van der Waals surface area contributed by atoms with E-state index in [-0.39, 0.29) is 17.1 Å². The molecule has 0 aliphatic carbocycles. The molecule has 2 aromatic carbocycles. The largest absolute Gasteiger partial charge is 0.373 e. The van der Waals surface area contributed by atoms with Gasteiger partial charge in [-0.05, 0) is 49.7 Å². The molecule has 36 heavy (non-hydrogen) atoms. The molecule has 0 spiro atoms. The van der Waals surface area contributed by atoms with Crippen LogP contribution >= 0.6 is 11.3 Å². The Morgan fingerprint density at radius 2 is 1.81 bits per heavy atom. The van der Waals surface area contributed by atoms with Gasteiger partial charge in [-0.1, -0.05) is 36.4 Å². The second-order valence-electron chi connectivity index (χ2n) is 8.91. The minimum absolute atomic E-state index is 0.146. The quantitative estimate of drug-likeness (QED) is 0.370. The van der Waals surface area contributed by atoms with E-state index in [1.807, 2.05) is 74.0 Å². The maximum Gasteiger partial charge on any atom is 0.243 e. The Balaban J connectivity index is 1.57. The minimum Gasteiger partial charge on any atom is -0.373 e. The summed E-state index contributed by atoms with van der Waals surface area (Å²) < 4.78 is 36.4. The van der Waals surface area contributed by atoms with Gasteiger partial charge in [-0.15, -0.1) is 11.3 Å². The minimum atomic E-state index is -3.66. The van der Waals surface area contributed by atoms with Crippen molar-refractivity contribution < 1.29 is 13.2 Å². The zero-order valence-corrected chi connectivity index (χ0v) is 21.8. The van der Waals surface area contributed by atoms with Crippen LogP contribution in [0, 0.1) is 0 Å². The van der Waals surface area contributed by atoms with E-state index in [0.29, 0.717) is 19.6 Å². The first-order valence-electron chi connectivity index (χ1n) is 11.8. The molecule has 186 valence electrons. The molecule has 7 nitrogen and oxygen atoms in total. The van der Waals surface area contributed by atoms with Crippen molar-refractivity contribution in [2.75, 3.05) is 13.1 Å². The third-order valence-electron chi connectivity index (χ3n) is 6.00. The van der Waals surface area contributed by atoms with E-state index in [9.17, 15) is 8.42 Å². The third kappa shape index (κ3) is 5.34. The molecule has 0 amide bonds. The van der Waals surface area contributed by atoms with Gasteiger partial charge in [-0.25, -0.2) is 13.4 Å². The van der Waals surface area contributed by atoms with Crippen molar-refractivity contribution in [1.29, 1.82) is 0 Å². The predicted octanol–water partition coefficient (Wildman–Crippen LogP) is 4.69. The van der Waals surface area contributed by atoms with E-state index in [1.54, 1.807) is 24.4 Å². The van der Waals surface area contributed by atoms with Crippen LogP contribution in [0.2, 0.25) is 0 Å². The summed E-state index contributed by atoms with van der Waals surface area (Å²) in [5, 5.41) is 2.03.